The molecule has 1 aromatic carbocycles. The maximum Gasteiger partial charge on any atom is 0.138 e. The van der Waals surface area contributed by atoms with Crippen molar-refractivity contribution in [3.05, 3.63) is 35.4 Å². The van der Waals surface area contributed by atoms with Crippen molar-refractivity contribution in [3.63, 3.8) is 0 Å². The molecule has 16 heavy (non-hydrogen) atoms. The van der Waals surface area contributed by atoms with Crippen LogP contribution in [0.2, 0.25) is 0 Å². The summed E-state index contributed by atoms with van der Waals surface area (Å²) in [6, 6.07) is 3.28. The molecule has 2 nitrogen and oxygen atoms in total. The molecule has 0 atom stereocenters. The molecular weight excluding hydrogens is 212 g/mol. The fourth-order valence-corrected chi connectivity index (χ4v) is 1.37. The van der Waals surface area contributed by atoms with Gasteiger partial charge in [0.05, 0.1) is 0 Å². The van der Waals surface area contributed by atoms with E-state index in [0.29, 0.717) is 13.0 Å². The third kappa shape index (κ3) is 4.06. The quantitative estimate of drug-likeness (QED) is 0.754. The lowest BCUT2D eigenvalue weighted by Gasteiger charge is -2.03. The minimum absolute atomic E-state index is 0.0253. The second-order valence-electron chi connectivity index (χ2n) is 3.55. The van der Waals surface area contributed by atoms with Crippen molar-refractivity contribution >= 4 is 5.78 Å². The number of carbonyl (C=O) groups is 1. The summed E-state index contributed by atoms with van der Waals surface area (Å²) < 4.78 is 25.8. The molecule has 0 radical (unpaired) electrons. The zero-order chi connectivity index (χ0) is 12.0. The summed E-state index contributed by atoms with van der Waals surface area (Å²) >= 11 is 0. The predicted molar refractivity (Wildman–Crippen MR) is 58.2 cm³/mol. The molecule has 88 valence electrons. The van der Waals surface area contributed by atoms with E-state index in [0.717, 1.165) is 18.7 Å². The molecule has 0 aromatic heterocycles. The number of Topliss-reactive ketones (excluding diaryl/α,β-unsaturated/α-hetero) is 1. The van der Waals surface area contributed by atoms with Crippen molar-refractivity contribution in [2.75, 3.05) is 13.1 Å². The van der Waals surface area contributed by atoms with Crippen LogP contribution >= 0.6 is 0 Å². The molecule has 0 fully saturated rings. The Morgan fingerprint density at radius 1 is 1.38 bits per heavy atom. The average molecular weight is 227 g/mol. The summed E-state index contributed by atoms with van der Waals surface area (Å²) in [7, 11) is 0. The van der Waals surface area contributed by atoms with Gasteiger partial charge < -0.3 is 5.32 Å². The second-order valence-corrected chi connectivity index (χ2v) is 3.55. The topological polar surface area (TPSA) is 29.1 Å². The Kier molecular flexibility index (Phi) is 5.05. The zero-order valence-electron chi connectivity index (χ0n) is 9.22. The van der Waals surface area contributed by atoms with Gasteiger partial charge in [0.2, 0.25) is 0 Å². The Labute approximate surface area is 93.7 Å². The highest BCUT2D eigenvalue weighted by Gasteiger charge is 2.08. The molecule has 0 aliphatic rings. The van der Waals surface area contributed by atoms with Gasteiger partial charge in [-0.1, -0.05) is 13.0 Å². The fraction of sp³-hybridized carbons (Fsp3) is 0.417. The molecule has 0 bridgehead atoms. The van der Waals surface area contributed by atoms with E-state index in [-0.39, 0.29) is 17.8 Å². The van der Waals surface area contributed by atoms with Crippen molar-refractivity contribution in [1.29, 1.82) is 0 Å². The van der Waals surface area contributed by atoms with Crippen LogP contribution < -0.4 is 5.32 Å². The third-order valence-electron chi connectivity index (χ3n) is 2.23. The van der Waals surface area contributed by atoms with Crippen LogP contribution in [0.5, 0.6) is 0 Å². The summed E-state index contributed by atoms with van der Waals surface area (Å²) in [5.41, 5.74) is 0.253. The largest absolute Gasteiger partial charge is 0.317 e. The monoisotopic (exact) mass is 227 g/mol. The van der Waals surface area contributed by atoms with Gasteiger partial charge in [-0.2, -0.15) is 0 Å². The second kappa shape index (κ2) is 6.33. The van der Waals surface area contributed by atoms with Gasteiger partial charge in [-0.25, -0.2) is 8.78 Å². The van der Waals surface area contributed by atoms with E-state index in [9.17, 15) is 13.6 Å². The number of benzene rings is 1. The molecule has 0 unspecified atom stereocenters. The van der Waals surface area contributed by atoms with Crippen LogP contribution in [-0.2, 0) is 11.2 Å². The number of halogens is 2. The lowest BCUT2D eigenvalue weighted by molar-refractivity contribution is -0.118. The van der Waals surface area contributed by atoms with Crippen molar-refractivity contribution < 1.29 is 13.6 Å². The molecule has 4 heteroatoms. The first-order valence-corrected chi connectivity index (χ1v) is 5.29. The molecular formula is C12H15F2NO. The Balaban J connectivity index is 2.49. The minimum atomic E-state index is -0.656. The number of hydrogen-bond donors (Lipinski definition) is 1. The Morgan fingerprint density at radius 3 is 2.75 bits per heavy atom. The van der Waals surface area contributed by atoms with Crippen LogP contribution in [0.3, 0.4) is 0 Å². The van der Waals surface area contributed by atoms with Gasteiger partial charge in [0.1, 0.15) is 17.4 Å². The molecule has 0 saturated carbocycles. The maximum absolute atomic E-state index is 13.2. The summed E-state index contributed by atoms with van der Waals surface area (Å²) in [5, 5.41) is 3.01. The molecule has 0 saturated heterocycles. The number of carbonyl (C=O) groups excluding carboxylic acids is 1. The maximum atomic E-state index is 13.2. The predicted octanol–water partition coefficient (Wildman–Crippen LogP) is 2.08. The third-order valence-corrected chi connectivity index (χ3v) is 2.23. The summed E-state index contributed by atoms with van der Waals surface area (Å²) in [6.07, 6.45) is 0.391. The van der Waals surface area contributed by atoms with E-state index >= 15 is 0 Å². The van der Waals surface area contributed by atoms with Gasteiger partial charge in [-0.05, 0) is 18.2 Å². The highest BCUT2D eigenvalue weighted by molar-refractivity contribution is 5.81. The summed E-state index contributed by atoms with van der Waals surface area (Å²) in [5.74, 6) is -1.33. The molecule has 1 rings (SSSR count). The highest BCUT2D eigenvalue weighted by atomic mass is 19.1. The van der Waals surface area contributed by atoms with Crippen LogP contribution in [0.15, 0.2) is 18.2 Å². The average Bonchev–Trinajstić information content (AvgIpc) is 2.23. The van der Waals surface area contributed by atoms with E-state index < -0.39 is 11.6 Å². The van der Waals surface area contributed by atoms with Crippen molar-refractivity contribution in [2.24, 2.45) is 0 Å². The molecule has 1 N–H and O–H groups in total. The number of ketones is 1. The van der Waals surface area contributed by atoms with E-state index in [4.69, 9.17) is 0 Å². The van der Waals surface area contributed by atoms with E-state index in [2.05, 4.69) is 5.32 Å². The van der Waals surface area contributed by atoms with Crippen LogP contribution in [0.1, 0.15) is 18.9 Å². The molecule has 0 spiro atoms. The fourth-order valence-electron chi connectivity index (χ4n) is 1.37. The number of hydrogen-bond acceptors (Lipinski definition) is 2. The number of nitrogens with one attached hydrogen (secondary N) is 1. The van der Waals surface area contributed by atoms with E-state index in [1.807, 2.05) is 6.92 Å². The van der Waals surface area contributed by atoms with Crippen LogP contribution in [0.4, 0.5) is 8.78 Å². The van der Waals surface area contributed by atoms with Gasteiger partial charge in [0, 0.05) is 25.5 Å². The molecule has 0 heterocycles. The Morgan fingerprint density at radius 2 is 2.12 bits per heavy atom. The van der Waals surface area contributed by atoms with Crippen molar-refractivity contribution in [1.82, 2.24) is 5.32 Å². The van der Waals surface area contributed by atoms with Gasteiger partial charge in [0.15, 0.2) is 0 Å². The minimum Gasteiger partial charge on any atom is -0.317 e. The van der Waals surface area contributed by atoms with Crippen molar-refractivity contribution in [2.45, 2.75) is 19.8 Å². The summed E-state index contributed by atoms with van der Waals surface area (Å²) in [6.45, 7) is 3.35. The first kappa shape index (κ1) is 12.8. The van der Waals surface area contributed by atoms with Gasteiger partial charge in [-0.3, -0.25) is 4.79 Å². The first-order valence-electron chi connectivity index (χ1n) is 5.29. The van der Waals surface area contributed by atoms with E-state index in [1.54, 1.807) is 0 Å². The van der Waals surface area contributed by atoms with Crippen molar-refractivity contribution in [3.8, 4) is 0 Å². The molecule has 0 amide bonds. The Hall–Kier alpha value is -1.29. The highest BCUT2D eigenvalue weighted by Crippen LogP contribution is 2.10. The smallest absolute Gasteiger partial charge is 0.138 e. The lowest BCUT2D eigenvalue weighted by atomic mass is 10.1. The number of rotatable bonds is 6. The van der Waals surface area contributed by atoms with Crippen LogP contribution in [0.25, 0.3) is 0 Å². The standard InChI is InChI=1S/C12H15F2NO/c1-2-15-6-5-11(16)7-9-3-4-10(13)8-12(9)14/h3-4,8,15H,2,5-7H2,1H3. The van der Waals surface area contributed by atoms with Gasteiger partial charge >= 0.3 is 0 Å². The molecule has 1 aromatic rings. The van der Waals surface area contributed by atoms with Gasteiger partial charge in [0.25, 0.3) is 0 Å². The lowest BCUT2D eigenvalue weighted by Crippen LogP contribution is -2.18. The van der Waals surface area contributed by atoms with Gasteiger partial charge in [-0.15, -0.1) is 0 Å². The van der Waals surface area contributed by atoms with Crippen LogP contribution in [0, 0.1) is 11.6 Å². The normalized spacial score (nSPS) is 10.4. The Bertz CT molecular complexity index is 366. The molecule has 0 aliphatic heterocycles. The first-order chi connectivity index (χ1) is 7.63. The molecule has 0 aliphatic carbocycles. The SMILES string of the molecule is CCNCCC(=O)Cc1ccc(F)cc1F. The zero-order valence-corrected chi connectivity index (χ0v) is 9.22. The summed E-state index contributed by atoms with van der Waals surface area (Å²) in [4.78, 5) is 11.4. The van der Waals surface area contributed by atoms with E-state index in [1.165, 1.54) is 6.07 Å². The van der Waals surface area contributed by atoms with Crippen LogP contribution in [-0.4, -0.2) is 18.9 Å².